The van der Waals surface area contributed by atoms with Crippen LogP contribution in [0.2, 0.25) is 0 Å². The molecule has 41 heavy (non-hydrogen) atoms. The monoisotopic (exact) mass is 566 g/mol. The summed E-state index contributed by atoms with van der Waals surface area (Å²) >= 11 is 1.57. The van der Waals surface area contributed by atoms with Gasteiger partial charge in [0, 0.05) is 24.3 Å². The van der Waals surface area contributed by atoms with E-state index in [1.165, 1.54) is 0 Å². The average molecular weight is 567 g/mol. The fourth-order valence-electron chi connectivity index (χ4n) is 4.64. The number of hydrogen-bond acceptors (Lipinski definition) is 5. The van der Waals surface area contributed by atoms with Gasteiger partial charge in [-0.05, 0) is 35.7 Å². The molecule has 0 radical (unpaired) electrons. The third-order valence-corrected chi connectivity index (χ3v) is 8.23. The number of amides is 2. The van der Waals surface area contributed by atoms with Crippen molar-refractivity contribution in [3.63, 3.8) is 0 Å². The van der Waals surface area contributed by atoms with Gasteiger partial charge in [-0.25, -0.2) is 4.79 Å². The molecule has 0 aliphatic rings. The molecule has 4 aromatic rings. The van der Waals surface area contributed by atoms with Crippen molar-refractivity contribution in [2.24, 2.45) is 0 Å². The van der Waals surface area contributed by atoms with Gasteiger partial charge in [0.15, 0.2) is 0 Å². The Hall–Kier alpha value is -4.36. The SMILES string of the molecule is CCOC(=O)[C@H](CSC(c1ccccc1)(c1ccccc1)c1ccccc1)NC(=O)CCNC(=O)c1ccccc1. The van der Waals surface area contributed by atoms with Crippen LogP contribution in [0.5, 0.6) is 0 Å². The number of thioether (sulfide) groups is 1. The molecule has 1 atom stereocenters. The van der Waals surface area contributed by atoms with E-state index in [0.29, 0.717) is 5.56 Å². The standard InChI is InChI=1S/C34H34N2O4S/c1-2-40-33(39)30(36-31(37)23-24-35-32(38)26-15-7-3-8-16-26)25-41-34(27-17-9-4-10-18-27,28-19-11-5-12-20-28)29-21-13-6-14-22-29/h3-22,30H,2,23-25H2,1H3,(H,35,38)(H,36,37)/t30-/m0/s1. The van der Waals surface area contributed by atoms with E-state index < -0.39 is 16.8 Å². The maximum atomic E-state index is 13.1. The Kier molecular flexibility index (Phi) is 10.7. The van der Waals surface area contributed by atoms with Crippen LogP contribution in [0.1, 0.15) is 40.4 Å². The number of ether oxygens (including phenoxy) is 1. The van der Waals surface area contributed by atoms with Crippen LogP contribution < -0.4 is 10.6 Å². The van der Waals surface area contributed by atoms with E-state index in [4.69, 9.17) is 4.74 Å². The molecule has 0 aromatic heterocycles. The minimum Gasteiger partial charge on any atom is -0.464 e. The number of nitrogens with one attached hydrogen (secondary N) is 2. The topological polar surface area (TPSA) is 84.5 Å². The number of carbonyl (C=O) groups excluding carboxylic acids is 3. The Morgan fingerprint density at radius 3 is 1.66 bits per heavy atom. The number of carbonyl (C=O) groups is 3. The first-order valence-corrected chi connectivity index (χ1v) is 14.6. The lowest BCUT2D eigenvalue weighted by molar-refractivity contribution is -0.146. The summed E-state index contributed by atoms with van der Waals surface area (Å²) in [5, 5.41) is 5.61. The van der Waals surface area contributed by atoms with Crippen molar-refractivity contribution < 1.29 is 19.1 Å². The molecule has 0 heterocycles. The Balaban J connectivity index is 1.55. The molecular weight excluding hydrogens is 532 g/mol. The highest BCUT2D eigenvalue weighted by Gasteiger charge is 2.38. The quantitative estimate of drug-likeness (QED) is 0.163. The zero-order valence-corrected chi connectivity index (χ0v) is 23.8. The zero-order chi connectivity index (χ0) is 28.9. The van der Waals surface area contributed by atoms with Crippen LogP contribution in [0.25, 0.3) is 0 Å². The van der Waals surface area contributed by atoms with Crippen molar-refractivity contribution in [3.8, 4) is 0 Å². The predicted molar refractivity (Wildman–Crippen MR) is 164 cm³/mol. The summed E-state index contributed by atoms with van der Waals surface area (Å²) in [6, 6.07) is 38.4. The van der Waals surface area contributed by atoms with E-state index >= 15 is 0 Å². The fourth-order valence-corrected chi connectivity index (χ4v) is 6.18. The average Bonchev–Trinajstić information content (AvgIpc) is 3.03. The summed E-state index contributed by atoms with van der Waals surface area (Å²) < 4.78 is 4.70. The van der Waals surface area contributed by atoms with Crippen molar-refractivity contribution in [3.05, 3.63) is 144 Å². The molecule has 0 unspecified atom stereocenters. The zero-order valence-electron chi connectivity index (χ0n) is 23.0. The maximum Gasteiger partial charge on any atom is 0.329 e. The normalized spacial score (nSPS) is 11.7. The number of benzene rings is 4. The van der Waals surface area contributed by atoms with Crippen molar-refractivity contribution in [1.82, 2.24) is 10.6 Å². The molecule has 2 amide bonds. The molecular formula is C34H34N2O4S. The second-order valence-corrected chi connectivity index (χ2v) is 10.6. The van der Waals surface area contributed by atoms with E-state index in [2.05, 4.69) is 47.0 Å². The molecule has 0 aliphatic carbocycles. The molecule has 0 saturated heterocycles. The molecule has 0 fully saturated rings. The van der Waals surface area contributed by atoms with E-state index in [0.717, 1.165) is 16.7 Å². The number of esters is 1. The van der Waals surface area contributed by atoms with E-state index in [9.17, 15) is 14.4 Å². The van der Waals surface area contributed by atoms with E-state index in [1.807, 2.05) is 60.7 Å². The smallest absolute Gasteiger partial charge is 0.329 e. The highest BCUT2D eigenvalue weighted by Crippen LogP contribution is 2.48. The maximum absolute atomic E-state index is 13.1. The Morgan fingerprint density at radius 2 is 1.20 bits per heavy atom. The van der Waals surface area contributed by atoms with Crippen molar-refractivity contribution in [1.29, 1.82) is 0 Å². The van der Waals surface area contributed by atoms with Crippen LogP contribution in [0.4, 0.5) is 0 Å². The molecule has 0 saturated carbocycles. The van der Waals surface area contributed by atoms with Crippen molar-refractivity contribution >= 4 is 29.5 Å². The summed E-state index contributed by atoms with van der Waals surface area (Å²) in [7, 11) is 0. The van der Waals surface area contributed by atoms with Crippen molar-refractivity contribution in [2.45, 2.75) is 24.1 Å². The second kappa shape index (κ2) is 14.9. The molecule has 2 N–H and O–H groups in total. The Labute approximate surface area is 245 Å². The first kappa shape index (κ1) is 29.6. The van der Waals surface area contributed by atoms with Crippen LogP contribution in [0, 0.1) is 0 Å². The molecule has 0 bridgehead atoms. The minimum absolute atomic E-state index is 0.0281. The lowest BCUT2D eigenvalue weighted by Gasteiger charge is -2.36. The first-order chi connectivity index (χ1) is 20.0. The van der Waals surface area contributed by atoms with Gasteiger partial charge < -0.3 is 15.4 Å². The third-order valence-electron chi connectivity index (χ3n) is 6.59. The van der Waals surface area contributed by atoms with Gasteiger partial charge >= 0.3 is 5.97 Å². The third kappa shape index (κ3) is 7.64. The predicted octanol–water partition coefficient (Wildman–Crippen LogP) is 5.58. The second-order valence-electron chi connectivity index (χ2n) is 9.33. The van der Waals surface area contributed by atoms with Crippen LogP contribution in [-0.2, 0) is 19.1 Å². The molecule has 0 aliphatic heterocycles. The molecule has 6 nitrogen and oxygen atoms in total. The molecule has 4 aromatic carbocycles. The summed E-state index contributed by atoms with van der Waals surface area (Å²) in [5.74, 6) is -0.833. The highest BCUT2D eigenvalue weighted by atomic mass is 32.2. The van der Waals surface area contributed by atoms with Crippen molar-refractivity contribution in [2.75, 3.05) is 18.9 Å². The lowest BCUT2D eigenvalue weighted by atomic mass is 9.84. The number of hydrogen-bond donors (Lipinski definition) is 2. The van der Waals surface area contributed by atoms with Gasteiger partial charge in [-0.3, -0.25) is 9.59 Å². The van der Waals surface area contributed by atoms with Gasteiger partial charge in [0.05, 0.1) is 11.4 Å². The summed E-state index contributed by atoms with van der Waals surface area (Å²) in [4.78, 5) is 38.3. The van der Waals surface area contributed by atoms with Gasteiger partial charge in [-0.15, -0.1) is 11.8 Å². The van der Waals surface area contributed by atoms with Gasteiger partial charge in [0.25, 0.3) is 5.91 Å². The molecule has 4 rings (SSSR count). The van der Waals surface area contributed by atoms with Gasteiger partial charge in [0.2, 0.25) is 5.91 Å². The molecule has 7 heteroatoms. The summed E-state index contributed by atoms with van der Waals surface area (Å²) in [5.41, 5.74) is 3.69. The lowest BCUT2D eigenvalue weighted by Crippen LogP contribution is -2.45. The summed E-state index contributed by atoms with van der Waals surface area (Å²) in [6.07, 6.45) is 0.0281. The number of rotatable bonds is 13. The molecule has 210 valence electrons. The van der Waals surface area contributed by atoms with Gasteiger partial charge in [-0.2, -0.15) is 0 Å². The van der Waals surface area contributed by atoms with Crippen LogP contribution in [0.15, 0.2) is 121 Å². The van der Waals surface area contributed by atoms with Crippen LogP contribution in [-0.4, -0.2) is 42.7 Å². The summed E-state index contributed by atoms with van der Waals surface area (Å²) in [6.45, 7) is 2.08. The fraction of sp³-hybridized carbons (Fsp3) is 0.206. The van der Waals surface area contributed by atoms with E-state index in [1.54, 1.807) is 43.0 Å². The first-order valence-electron chi connectivity index (χ1n) is 13.6. The Morgan fingerprint density at radius 1 is 0.732 bits per heavy atom. The van der Waals surface area contributed by atoms with Gasteiger partial charge in [0.1, 0.15) is 6.04 Å². The largest absolute Gasteiger partial charge is 0.464 e. The molecule has 0 spiro atoms. The van der Waals surface area contributed by atoms with Crippen LogP contribution in [0.3, 0.4) is 0 Å². The van der Waals surface area contributed by atoms with Crippen LogP contribution >= 0.6 is 11.8 Å². The minimum atomic E-state index is -0.882. The van der Waals surface area contributed by atoms with E-state index in [-0.39, 0.29) is 37.1 Å². The highest BCUT2D eigenvalue weighted by molar-refractivity contribution is 8.00. The van der Waals surface area contributed by atoms with Gasteiger partial charge in [-0.1, -0.05) is 109 Å². The Bertz CT molecular complexity index is 1300.